The fourth-order valence-electron chi connectivity index (χ4n) is 3.86. The molecule has 160 valence electrons. The first-order valence-corrected chi connectivity index (χ1v) is 9.94. The Morgan fingerprint density at radius 3 is 2.67 bits per heavy atom. The molecule has 0 unspecified atom stereocenters. The van der Waals surface area contributed by atoms with Gasteiger partial charge in [0.25, 0.3) is 0 Å². The zero-order valence-electron chi connectivity index (χ0n) is 17.8. The Hall–Kier alpha value is -3.10. The Kier molecular flexibility index (Phi) is 5.13. The van der Waals surface area contributed by atoms with E-state index >= 15 is 0 Å². The molecule has 0 radical (unpaired) electrons. The summed E-state index contributed by atoms with van der Waals surface area (Å²) in [5.41, 5.74) is 1.49. The van der Waals surface area contributed by atoms with Gasteiger partial charge < -0.3 is 24.6 Å². The molecular weight excluding hydrogens is 389 g/mol. The number of halogens is 1. The van der Waals surface area contributed by atoms with Crippen LogP contribution in [-0.4, -0.2) is 55.3 Å². The Bertz CT molecular complexity index is 979. The molecule has 1 fully saturated rings. The molecule has 0 bridgehead atoms. The van der Waals surface area contributed by atoms with Crippen molar-refractivity contribution in [2.45, 2.75) is 44.9 Å². The molecule has 1 aliphatic carbocycles. The van der Waals surface area contributed by atoms with E-state index in [1.807, 2.05) is 25.8 Å². The van der Waals surface area contributed by atoms with E-state index < -0.39 is 5.82 Å². The predicted octanol–water partition coefficient (Wildman–Crippen LogP) is 2.76. The van der Waals surface area contributed by atoms with Crippen LogP contribution in [0, 0.1) is 12.7 Å². The first-order chi connectivity index (χ1) is 14.3. The van der Waals surface area contributed by atoms with Crippen LogP contribution in [0.25, 0.3) is 0 Å². The van der Waals surface area contributed by atoms with E-state index in [0.29, 0.717) is 11.7 Å². The quantitative estimate of drug-likeness (QED) is 0.804. The minimum absolute atomic E-state index is 0.0221. The fourth-order valence-corrected chi connectivity index (χ4v) is 3.86. The van der Waals surface area contributed by atoms with Crippen LogP contribution in [0.5, 0.6) is 11.5 Å². The van der Waals surface area contributed by atoms with Crippen molar-refractivity contribution in [1.29, 1.82) is 0 Å². The number of aryl methyl sites for hydroxylation is 1. The molecule has 1 aliphatic heterocycles. The maximum atomic E-state index is 13.5. The molecule has 1 amide bonds. The smallest absolute Gasteiger partial charge is 0.249 e. The summed E-state index contributed by atoms with van der Waals surface area (Å²) in [6, 6.07) is 4.40. The van der Waals surface area contributed by atoms with E-state index in [2.05, 4.69) is 15.3 Å². The van der Waals surface area contributed by atoms with Gasteiger partial charge in [-0.3, -0.25) is 4.79 Å². The second-order valence-electron chi connectivity index (χ2n) is 7.84. The van der Waals surface area contributed by atoms with E-state index in [-0.39, 0.29) is 29.8 Å². The number of carbonyl (C=O) groups excluding carboxylic acids is 1. The molecule has 1 saturated carbocycles. The fraction of sp³-hybridized carbons (Fsp3) is 0.476. The third kappa shape index (κ3) is 3.48. The van der Waals surface area contributed by atoms with Gasteiger partial charge in [0.05, 0.1) is 12.8 Å². The van der Waals surface area contributed by atoms with Crippen LogP contribution in [-0.2, 0) is 4.79 Å². The first kappa shape index (κ1) is 20.2. The number of ether oxygens (including phenoxy) is 2. The van der Waals surface area contributed by atoms with Crippen molar-refractivity contribution < 1.29 is 18.7 Å². The van der Waals surface area contributed by atoms with Gasteiger partial charge in [0, 0.05) is 39.0 Å². The van der Waals surface area contributed by atoms with Gasteiger partial charge in [0.1, 0.15) is 23.6 Å². The number of benzene rings is 1. The number of anilines is 3. The molecule has 1 N–H and O–H groups in total. The van der Waals surface area contributed by atoms with Crippen molar-refractivity contribution in [1.82, 2.24) is 9.97 Å². The zero-order valence-corrected chi connectivity index (χ0v) is 17.8. The second-order valence-corrected chi connectivity index (χ2v) is 7.84. The summed E-state index contributed by atoms with van der Waals surface area (Å²) in [6.07, 6.45) is 1.59. The van der Waals surface area contributed by atoms with Crippen LogP contribution >= 0.6 is 0 Å². The summed E-state index contributed by atoms with van der Waals surface area (Å²) in [6.45, 7) is 3.75. The maximum absolute atomic E-state index is 13.5. The molecule has 1 aromatic heterocycles. The highest BCUT2D eigenvalue weighted by Crippen LogP contribution is 2.36. The van der Waals surface area contributed by atoms with Crippen molar-refractivity contribution in [3.63, 3.8) is 0 Å². The molecule has 2 aromatic rings. The second kappa shape index (κ2) is 7.62. The number of aromatic nitrogens is 2. The molecular formula is C21H26FN5O3. The number of hydrogen-bond donors (Lipinski definition) is 1. The number of likely N-dealkylation sites (N-methyl/N-ethyl adjacent to an activating group) is 2. The lowest BCUT2D eigenvalue weighted by atomic mass is 9.89. The van der Waals surface area contributed by atoms with Gasteiger partial charge in [-0.25, -0.2) is 9.37 Å². The summed E-state index contributed by atoms with van der Waals surface area (Å²) in [5.74, 6) is 1.64. The van der Waals surface area contributed by atoms with Crippen LogP contribution in [0.4, 0.5) is 21.8 Å². The highest BCUT2D eigenvalue weighted by atomic mass is 19.1. The number of amides is 1. The summed E-state index contributed by atoms with van der Waals surface area (Å²) < 4.78 is 24.4. The number of fused-ring (bicyclic) bond motifs is 1. The molecule has 4 rings (SSSR count). The Morgan fingerprint density at radius 2 is 1.97 bits per heavy atom. The molecule has 30 heavy (non-hydrogen) atoms. The van der Waals surface area contributed by atoms with E-state index in [1.54, 1.807) is 24.1 Å². The number of rotatable bonds is 5. The monoisotopic (exact) mass is 415 g/mol. The third-order valence-corrected chi connectivity index (χ3v) is 5.83. The molecule has 9 heteroatoms. The van der Waals surface area contributed by atoms with Crippen molar-refractivity contribution in [3.8, 4) is 11.5 Å². The number of carbonyl (C=O) groups is 1. The number of nitrogens with one attached hydrogen (secondary N) is 1. The molecule has 8 nitrogen and oxygen atoms in total. The van der Waals surface area contributed by atoms with E-state index in [0.717, 1.165) is 30.0 Å². The highest BCUT2D eigenvalue weighted by molar-refractivity contribution is 6.04. The molecule has 1 aromatic carbocycles. The highest BCUT2D eigenvalue weighted by Gasteiger charge is 2.36. The minimum Gasteiger partial charge on any atom is -0.494 e. The SMILES string of the molecule is COc1cc(O[C@H]2C[C@H](Nc3nc(C)c4c(n3)N(C)[C@@H](C)C(=O)N4C)C2)ccc1F. The van der Waals surface area contributed by atoms with E-state index in [9.17, 15) is 9.18 Å². The van der Waals surface area contributed by atoms with Crippen LogP contribution in [0.2, 0.25) is 0 Å². The van der Waals surface area contributed by atoms with Crippen molar-refractivity contribution in [2.24, 2.45) is 0 Å². The Balaban J connectivity index is 1.41. The topological polar surface area (TPSA) is 79.8 Å². The molecule has 0 saturated heterocycles. The van der Waals surface area contributed by atoms with Crippen LogP contribution in [0.3, 0.4) is 0 Å². The van der Waals surface area contributed by atoms with Crippen LogP contribution < -0.4 is 24.6 Å². The number of methoxy groups -OCH3 is 1. The first-order valence-electron chi connectivity index (χ1n) is 9.94. The van der Waals surface area contributed by atoms with Gasteiger partial charge in [-0.15, -0.1) is 0 Å². The summed E-state index contributed by atoms with van der Waals surface area (Å²) in [7, 11) is 5.05. The Morgan fingerprint density at radius 1 is 1.23 bits per heavy atom. The molecule has 2 aliphatic rings. The molecule has 2 heterocycles. The zero-order chi connectivity index (χ0) is 21.6. The van der Waals surface area contributed by atoms with Gasteiger partial charge in [-0.1, -0.05) is 0 Å². The van der Waals surface area contributed by atoms with Crippen molar-refractivity contribution in [3.05, 3.63) is 29.7 Å². The van der Waals surface area contributed by atoms with Crippen LogP contribution in [0.1, 0.15) is 25.5 Å². The standard InChI is InChI=1S/C21H26FN5O3/c1-11-18-19(26(3)12(2)20(28)27(18)4)25-21(23-11)24-13-8-15(9-13)30-14-6-7-16(22)17(10-14)29-5/h6-7,10,12-13,15H,8-9H2,1-5H3,(H,23,24,25)/t12-,13-,15-/m0/s1. The lowest BCUT2D eigenvalue weighted by Crippen LogP contribution is -2.50. The lowest BCUT2D eigenvalue weighted by Gasteiger charge is -2.38. The largest absolute Gasteiger partial charge is 0.494 e. The summed E-state index contributed by atoms with van der Waals surface area (Å²) in [5, 5.41) is 3.36. The summed E-state index contributed by atoms with van der Waals surface area (Å²) >= 11 is 0. The van der Waals surface area contributed by atoms with Gasteiger partial charge in [-0.05, 0) is 26.0 Å². The Labute approximate surface area is 175 Å². The van der Waals surface area contributed by atoms with Gasteiger partial charge >= 0.3 is 0 Å². The van der Waals surface area contributed by atoms with Crippen molar-refractivity contribution >= 4 is 23.4 Å². The van der Waals surface area contributed by atoms with Crippen LogP contribution in [0.15, 0.2) is 18.2 Å². The van der Waals surface area contributed by atoms with E-state index in [1.165, 1.54) is 13.2 Å². The van der Waals surface area contributed by atoms with Gasteiger partial charge in [-0.2, -0.15) is 4.98 Å². The van der Waals surface area contributed by atoms with Gasteiger partial charge in [0.2, 0.25) is 11.9 Å². The normalized spacial score (nSPS) is 23.0. The lowest BCUT2D eigenvalue weighted by molar-refractivity contribution is -0.119. The molecule has 1 atom stereocenters. The predicted molar refractivity (Wildman–Crippen MR) is 112 cm³/mol. The molecule has 0 spiro atoms. The minimum atomic E-state index is -0.412. The number of nitrogens with zero attached hydrogens (tertiary/aromatic N) is 4. The average molecular weight is 415 g/mol. The number of hydrogen-bond acceptors (Lipinski definition) is 7. The average Bonchev–Trinajstić information content (AvgIpc) is 2.69. The maximum Gasteiger partial charge on any atom is 0.249 e. The van der Waals surface area contributed by atoms with Crippen molar-refractivity contribution in [2.75, 3.05) is 36.3 Å². The van der Waals surface area contributed by atoms with E-state index in [4.69, 9.17) is 9.47 Å². The summed E-state index contributed by atoms with van der Waals surface area (Å²) in [4.78, 5) is 25.1. The van der Waals surface area contributed by atoms with Gasteiger partial charge in [0.15, 0.2) is 17.4 Å². The third-order valence-electron chi connectivity index (χ3n) is 5.83.